The molecular formula is C9H13N3. The maximum atomic E-state index is 4.27. The molecule has 0 aliphatic carbocycles. The van der Waals surface area contributed by atoms with Gasteiger partial charge in [0.1, 0.15) is 6.33 Å². The zero-order chi connectivity index (χ0) is 8.39. The lowest BCUT2D eigenvalue weighted by Gasteiger charge is -2.06. The van der Waals surface area contributed by atoms with E-state index < -0.39 is 0 Å². The second-order valence-corrected chi connectivity index (χ2v) is 3.27. The Balaban J connectivity index is 2.21. The zero-order valence-electron chi connectivity index (χ0n) is 7.25. The van der Waals surface area contributed by atoms with Crippen LogP contribution < -0.4 is 5.32 Å². The van der Waals surface area contributed by atoms with Crippen molar-refractivity contribution >= 4 is 0 Å². The number of hydrogen-bond donors (Lipinski definition) is 1. The quantitative estimate of drug-likeness (QED) is 0.667. The number of nitrogens with zero attached hydrogens (tertiary/aromatic N) is 2. The Hall–Kier alpha value is -0.960. The summed E-state index contributed by atoms with van der Waals surface area (Å²) < 4.78 is 0. The Morgan fingerprint density at radius 3 is 3.08 bits per heavy atom. The van der Waals surface area contributed by atoms with Gasteiger partial charge in [-0.05, 0) is 26.0 Å². The van der Waals surface area contributed by atoms with Crippen LogP contribution in [-0.4, -0.2) is 23.1 Å². The molecular weight excluding hydrogens is 150 g/mol. The first-order valence-corrected chi connectivity index (χ1v) is 4.35. The van der Waals surface area contributed by atoms with Crippen molar-refractivity contribution < 1.29 is 0 Å². The van der Waals surface area contributed by atoms with Crippen LogP contribution in [0.5, 0.6) is 0 Å². The van der Waals surface area contributed by atoms with Crippen LogP contribution in [0.3, 0.4) is 0 Å². The summed E-state index contributed by atoms with van der Waals surface area (Å²) in [4.78, 5) is 8.35. The van der Waals surface area contributed by atoms with Gasteiger partial charge in [-0.2, -0.15) is 0 Å². The first-order chi connectivity index (χ1) is 5.86. The summed E-state index contributed by atoms with van der Waals surface area (Å²) in [5.41, 5.74) is 2.25. The lowest BCUT2D eigenvalue weighted by atomic mass is 10.0. The first kappa shape index (κ1) is 7.68. The molecule has 0 amide bonds. The molecule has 64 valence electrons. The van der Waals surface area contributed by atoms with Crippen LogP contribution in [0.15, 0.2) is 12.4 Å². The van der Waals surface area contributed by atoms with Crippen molar-refractivity contribution in [2.24, 2.45) is 0 Å². The van der Waals surface area contributed by atoms with Gasteiger partial charge in [-0.1, -0.05) is 0 Å². The van der Waals surface area contributed by atoms with Gasteiger partial charge in [0.05, 0.1) is 0 Å². The molecule has 12 heavy (non-hydrogen) atoms. The lowest BCUT2D eigenvalue weighted by molar-refractivity contribution is 0.728. The number of aromatic nitrogens is 2. The molecule has 1 saturated heterocycles. The number of hydrogen-bond acceptors (Lipinski definition) is 3. The maximum Gasteiger partial charge on any atom is 0.115 e. The van der Waals surface area contributed by atoms with E-state index in [4.69, 9.17) is 0 Å². The highest BCUT2D eigenvalue weighted by atomic mass is 14.9. The molecule has 2 heterocycles. The summed E-state index contributed by atoms with van der Waals surface area (Å²) in [5, 5.41) is 3.33. The minimum Gasteiger partial charge on any atom is -0.316 e. The zero-order valence-corrected chi connectivity index (χ0v) is 7.25. The second kappa shape index (κ2) is 3.19. The van der Waals surface area contributed by atoms with Crippen LogP contribution in [0.4, 0.5) is 0 Å². The largest absolute Gasteiger partial charge is 0.316 e. The molecule has 1 aromatic rings. The average Bonchev–Trinajstić information content (AvgIpc) is 2.56. The SMILES string of the molecule is Cc1cc(C2CCNC2)ncn1. The summed E-state index contributed by atoms with van der Waals surface area (Å²) in [7, 11) is 0. The molecule has 1 atom stereocenters. The molecule has 1 N–H and O–H groups in total. The van der Waals surface area contributed by atoms with Crippen molar-refractivity contribution in [3.63, 3.8) is 0 Å². The van der Waals surface area contributed by atoms with E-state index in [1.807, 2.05) is 6.92 Å². The Morgan fingerprint density at radius 2 is 2.42 bits per heavy atom. The van der Waals surface area contributed by atoms with Gasteiger partial charge in [0.15, 0.2) is 0 Å². The minimum atomic E-state index is 0.603. The standard InChI is InChI=1S/C9H13N3/c1-7-4-9(12-6-11-7)8-2-3-10-5-8/h4,6,8,10H,2-3,5H2,1H3. The van der Waals surface area contributed by atoms with Crippen LogP contribution in [-0.2, 0) is 0 Å². The molecule has 0 bridgehead atoms. The van der Waals surface area contributed by atoms with E-state index in [2.05, 4.69) is 21.4 Å². The Morgan fingerprint density at radius 1 is 1.50 bits per heavy atom. The fourth-order valence-corrected chi connectivity index (χ4v) is 1.61. The predicted octanol–water partition coefficient (Wildman–Crippen LogP) is 0.862. The van der Waals surface area contributed by atoms with Crippen molar-refractivity contribution in [1.82, 2.24) is 15.3 Å². The van der Waals surface area contributed by atoms with Gasteiger partial charge in [-0.15, -0.1) is 0 Å². The van der Waals surface area contributed by atoms with Gasteiger partial charge in [-0.25, -0.2) is 9.97 Å². The van der Waals surface area contributed by atoms with Gasteiger partial charge in [0, 0.05) is 23.9 Å². The molecule has 3 heteroatoms. The molecule has 0 radical (unpaired) electrons. The highest BCUT2D eigenvalue weighted by molar-refractivity contribution is 5.13. The molecule has 2 rings (SSSR count). The van der Waals surface area contributed by atoms with Crippen LogP contribution in [0.2, 0.25) is 0 Å². The second-order valence-electron chi connectivity index (χ2n) is 3.27. The van der Waals surface area contributed by atoms with E-state index in [9.17, 15) is 0 Å². The monoisotopic (exact) mass is 163 g/mol. The van der Waals surface area contributed by atoms with Gasteiger partial charge < -0.3 is 5.32 Å². The smallest absolute Gasteiger partial charge is 0.115 e. The van der Waals surface area contributed by atoms with Crippen LogP contribution in [0.25, 0.3) is 0 Å². The van der Waals surface area contributed by atoms with Crippen molar-refractivity contribution in [3.8, 4) is 0 Å². The molecule has 1 aliphatic heterocycles. The van der Waals surface area contributed by atoms with Gasteiger partial charge in [-0.3, -0.25) is 0 Å². The minimum absolute atomic E-state index is 0.603. The lowest BCUT2D eigenvalue weighted by Crippen LogP contribution is -2.09. The number of nitrogens with one attached hydrogen (secondary N) is 1. The van der Waals surface area contributed by atoms with Crippen LogP contribution in [0, 0.1) is 6.92 Å². The molecule has 0 spiro atoms. The molecule has 3 nitrogen and oxygen atoms in total. The van der Waals surface area contributed by atoms with E-state index in [1.165, 1.54) is 12.1 Å². The van der Waals surface area contributed by atoms with E-state index in [0.29, 0.717) is 5.92 Å². The van der Waals surface area contributed by atoms with E-state index >= 15 is 0 Å². The third kappa shape index (κ3) is 1.46. The summed E-state index contributed by atoms with van der Waals surface area (Å²) >= 11 is 0. The predicted molar refractivity (Wildman–Crippen MR) is 47.0 cm³/mol. The fourth-order valence-electron chi connectivity index (χ4n) is 1.61. The molecule has 1 aliphatic rings. The van der Waals surface area contributed by atoms with Crippen molar-refractivity contribution in [2.75, 3.05) is 13.1 Å². The molecule has 0 saturated carbocycles. The normalized spacial score (nSPS) is 22.9. The summed E-state index contributed by atoms with van der Waals surface area (Å²) in [6.45, 7) is 4.19. The molecule has 1 unspecified atom stereocenters. The van der Waals surface area contributed by atoms with E-state index in [1.54, 1.807) is 6.33 Å². The van der Waals surface area contributed by atoms with Crippen molar-refractivity contribution in [3.05, 3.63) is 23.8 Å². The highest BCUT2D eigenvalue weighted by Gasteiger charge is 2.17. The summed E-state index contributed by atoms with van der Waals surface area (Å²) in [6.07, 6.45) is 2.86. The van der Waals surface area contributed by atoms with Crippen LogP contribution in [0.1, 0.15) is 23.7 Å². The van der Waals surface area contributed by atoms with Crippen molar-refractivity contribution in [2.45, 2.75) is 19.3 Å². The summed E-state index contributed by atoms with van der Waals surface area (Å²) in [6, 6.07) is 2.08. The third-order valence-corrected chi connectivity index (χ3v) is 2.30. The highest BCUT2D eigenvalue weighted by Crippen LogP contribution is 2.19. The Kier molecular flexibility index (Phi) is 2.04. The average molecular weight is 163 g/mol. The van der Waals surface area contributed by atoms with Gasteiger partial charge >= 0.3 is 0 Å². The first-order valence-electron chi connectivity index (χ1n) is 4.35. The molecule has 1 aromatic heterocycles. The van der Waals surface area contributed by atoms with E-state index in [-0.39, 0.29) is 0 Å². The van der Waals surface area contributed by atoms with Crippen molar-refractivity contribution in [1.29, 1.82) is 0 Å². The van der Waals surface area contributed by atoms with Crippen LogP contribution >= 0.6 is 0 Å². The number of aryl methyl sites for hydroxylation is 1. The summed E-state index contributed by atoms with van der Waals surface area (Å²) in [5.74, 6) is 0.603. The van der Waals surface area contributed by atoms with E-state index in [0.717, 1.165) is 18.8 Å². The number of rotatable bonds is 1. The molecule has 0 aromatic carbocycles. The Bertz CT molecular complexity index is 266. The van der Waals surface area contributed by atoms with Gasteiger partial charge in [0.2, 0.25) is 0 Å². The Labute approximate surface area is 72.2 Å². The molecule has 1 fully saturated rings. The van der Waals surface area contributed by atoms with Gasteiger partial charge in [0.25, 0.3) is 0 Å². The fraction of sp³-hybridized carbons (Fsp3) is 0.556. The topological polar surface area (TPSA) is 37.8 Å². The maximum absolute atomic E-state index is 4.27. The third-order valence-electron chi connectivity index (χ3n) is 2.30.